The van der Waals surface area contributed by atoms with Gasteiger partial charge < -0.3 is 4.90 Å². The lowest BCUT2D eigenvalue weighted by Gasteiger charge is -2.31. The summed E-state index contributed by atoms with van der Waals surface area (Å²) in [5.74, 6) is 0. The zero-order valence-corrected chi connectivity index (χ0v) is 16.7. The molecular formula is C19H20ClN4O3S+. The zero-order valence-electron chi connectivity index (χ0n) is 15.1. The Bertz CT molecular complexity index is 1170. The van der Waals surface area contributed by atoms with Crippen LogP contribution in [0, 0.1) is 0 Å². The average Bonchev–Trinajstić information content (AvgIpc) is 2.71. The molecule has 1 N–H and O–H groups in total. The Kier molecular flexibility index (Phi) is 5.20. The summed E-state index contributed by atoms with van der Waals surface area (Å²) in [4.78, 5) is 13.3. The van der Waals surface area contributed by atoms with Crippen molar-refractivity contribution in [3.63, 3.8) is 0 Å². The van der Waals surface area contributed by atoms with Crippen LogP contribution < -0.4 is 10.3 Å². The molecule has 146 valence electrons. The van der Waals surface area contributed by atoms with E-state index in [1.54, 1.807) is 24.3 Å². The molecule has 28 heavy (non-hydrogen) atoms. The summed E-state index contributed by atoms with van der Waals surface area (Å²) >= 11 is 6.08. The number of para-hydroxylation sites is 1. The second-order valence-electron chi connectivity index (χ2n) is 6.77. The number of quaternary nitrogens is 1. The maximum absolute atomic E-state index is 12.9. The number of piperazine rings is 1. The normalized spacial score (nSPS) is 16.5. The van der Waals surface area contributed by atoms with E-state index in [0.717, 1.165) is 5.52 Å². The molecule has 0 amide bonds. The fourth-order valence-corrected chi connectivity index (χ4v) is 5.43. The molecule has 1 saturated heterocycles. The molecule has 0 spiro atoms. The predicted octanol–water partition coefficient (Wildman–Crippen LogP) is 0.597. The molecule has 4 rings (SSSR count). The SMILES string of the molecule is O=c1cnn(C[NH+]2CCN(S(=O)(=O)c3ccccc3Cl)CC2)c2ccccc12. The lowest BCUT2D eigenvalue weighted by molar-refractivity contribution is -0.926. The van der Waals surface area contributed by atoms with Crippen LogP contribution in [0.15, 0.2) is 64.4 Å². The van der Waals surface area contributed by atoms with Crippen molar-refractivity contribution in [2.75, 3.05) is 26.2 Å². The van der Waals surface area contributed by atoms with Crippen LogP contribution in [-0.4, -0.2) is 48.7 Å². The summed E-state index contributed by atoms with van der Waals surface area (Å²) < 4.78 is 29.0. The molecule has 2 heterocycles. The van der Waals surface area contributed by atoms with Crippen LogP contribution in [0.1, 0.15) is 0 Å². The predicted molar refractivity (Wildman–Crippen MR) is 107 cm³/mol. The highest BCUT2D eigenvalue weighted by atomic mass is 35.5. The third kappa shape index (κ3) is 3.56. The van der Waals surface area contributed by atoms with E-state index in [4.69, 9.17) is 11.6 Å². The molecule has 0 bridgehead atoms. The van der Waals surface area contributed by atoms with Gasteiger partial charge in [-0.05, 0) is 24.3 Å². The maximum Gasteiger partial charge on any atom is 0.244 e. The molecule has 7 nitrogen and oxygen atoms in total. The Morgan fingerprint density at radius 2 is 1.71 bits per heavy atom. The molecular weight excluding hydrogens is 400 g/mol. The highest BCUT2D eigenvalue weighted by Gasteiger charge is 2.31. The van der Waals surface area contributed by atoms with Crippen LogP contribution in [0.3, 0.4) is 0 Å². The zero-order chi connectivity index (χ0) is 19.7. The molecule has 0 atom stereocenters. The number of sulfonamides is 1. The number of hydrogen-bond acceptors (Lipinski definition) is 4. The molecule has 1 aromatic heterocycles. The Morgan fingerprint density at radius 3 is 2.46 bits per heavy atom. The number of fused-ring (bicyclic) bond motifs is 1. The van der Waals surface area contributed by atoms with E-state index in [1.165, 1.54) is 21.5 Å². The fraction of sp³-hybridized carbons (Fsp3) is 0.263. The molecule has 0 aliphatic carbocycles. The third-order valence-electron chi connectivity index (χ3n) is 5.02. The molecule has 2 aromatic carbocycles. The summed E-state index contributed by atoms with van der Waals surface area (Å²) in [6.07, 6.45) is 1.33. The van der Waals surface area contributed by atoms with Gasteiger partial charge >= 0.3 is 0 Å². The maximum atomic E-state index is 12.9. The summed E-state index contributed by atoms with van der Waals surface area (Å²) in [5, 5.41) is 5.13. The van der Waals surface area contributed by atoms with Gasteiger partial charge in [0.25, 0.3) is 0 Å². The number of rotatable bonds is 4. The van der Waals surface area contributed by atoms with Gasteiger partial charge in [0.2, 0.25) is 15.5 Å². The van der Waals surface area contributed by atoms with Gasteiger partial charge in [0.1, 0.15) is 4.90 Å². The molecule has 1 fully saturated rings. The minimum Gasteiger partial charge on any atom is -0.314 e. The van der Waals surface area contributed by atoms with Gasteiger partial charge in [-0.25, -0.2) is 13.1 Å². The lowest BCUT2D eigenvalue weighted by atomic mass is 10.2. The summed E-state index contributed by atoms with van der Waals surface area (Å²) in [5.41, 5.74) is 0.686. The number of nitrogens with one attached hydrogen (secondary N) is 1. The highest BCUT2D eigenvalue weighted by Crippen LogP contribution is 2.24. The van der Waals surface area contributed by atoms with Crippen molar-refractivity contribution in [1.29, 1.82) is 0 Å². The van der Waals surface area contributed by atoms with Crippen molar-refractivity contribution in [2.24, 2.45) is 0 Å². The van der Waals surface area contributed by atoms with Gasteiger partial charge in [0.15, 0.2) is 6.67 Å². The number of aromatic nitrogens is 2. The van der Waals surface area contributed by atoms with E-state index < -0.39 is 10.0 Å². The molecule has 0 unspecified atom stereocenters. The second kappa shape index (κ2) is 7.63. The van der Waals surface area contributed by atoms with Gasteiger partial charge in [-0.2, -0.15) is 9.40 Å². The first-order valence-electron chi connectivity index (χ1n) is 9.00. The number of hydrogen-bond donors (Lipinski definition) is 1. The van der Waals surface area contributed by atoms with Gasteiger partial charge in [0, 0.05) is 5.39 Å². The minimum atomic E-state index is -3.60. The monoisotopic (exact) mass is 419 g/mol. The van der Waals surface area contributed by atoms with Crippen molar-refractivity contribution in [2.45, 2.75) is 11.6 Å². The molecule has 9 heteroatoms. The quantitative estimate of drug-likeness (QED) is 0.671. The molecule has 0 radical (unpaired) electrons. The third-order valence-corrected chi connectivity index (χ3v) is 7.42. The fourth-order valence-electron chi connectivity index (χ4n) is 3.49. The van der Waals surface area contributed by atoms with Crippen molar-refractivity contribution < 1.29 is 13.3 Å². The van der Waals surface area contributed by atoms with Crippen molar-refractivity contribution in [1.82, 2.24) is 14.1 Å². The number of halogens is 1. The molecule has 1 aliphatic rings. The molecule has 3 aromatic rings. The lowest BCUT2D eigenvalue weighted by Crippen LogP contribution is -3.14. The van der Waals surface area contributed by atoms with E-state index in [9.17, 15) is 13.2 Å². The highest BCUT2D eigenvalue weighted by molar-refractivity contribution is 7.89. The standard InChI is InChI=1S/C19H19ClN4O3S/c20-16-6-2-4-8-19(16)28(26,27)23-11-9-22(10-12-23)14-24-17-7-3-1-5-15(17)18(25)13-21-24/h1-8,13H,9-12,14H2/p+1. The average molecular weight is 420 g/mol. The van der Waals surface area contributed by atoms with Crippen molar-refractivity contribution >= 4 is 32.5 Å². The Balaban J connectivity index is 1.49. The van der Waals surface area contributed by atoms with Gasteiger partial charge in [0.05, 0.1) is 42.9 Å². The first kappa shape index (κ1) is 19.1. The van der Waals surface area contributed by atoms with Crippen LogP contribution in [-0.2, 0) is 16.7 Å². The first-order valence-corrected chi connectivity index (χ1v) is 10.8. The minimum absolute atomic E-state index is 0.0995. The summed E-state index contributed by atoms with van der Waals surface area (Å²) in [6, 6.07) is 13.9. The number of benzene rings is 2. The van der Waals surface area contributed by atoms with E-state index >= 15 is 0 Å². The van der Waals surface area contributed by atoms with Gasteiger partial charge in [-0.3, -0.25) is 4.79 Å². The summed E-state index contributed by atoms with van der Waals surface area (Å²) in [6.45, 7) is 2.67. The van der Waals surface area contributed by atoms with Gasteiger partial charge in [-0.1, -0.05) is 35.9 Å². The Hall–Kier alpha value is -2.26. The Morgan fingerprint density at radius 1 is 1.04 bits per heavy atom. The topological polar surface area (TPSA) is 76.7 Å². The number of nitrogens with zero attached hydrogens (tertiary/aromatic N) is 3. The first-order chi connectivity index (χ1) is 13.5. The van der Waals surface area contributed by atoms with E-state index in [-0.39, 0.29) is 15.3 Å². The summed E-state index contributed by atoms with van der Waals surface area (Å²) in [7, 11) is -3.60. The molecule has 1 aliphatic heterocycles. The van der Waals surface area contributed by atoms with Crippen LogP contribution in [0.2, 0.25) is 5.02 Å². The second-order valence-corrected chi connectivity index (χ2v) is 9.08. The van der Waals surface area contributed by atoms with Crippen molar-refractivity contribution in [3.8, 4) is 0 Å². The van der Waals surface area contributed by atoms with Crippen molar-refractivity contribution in [3.05, 3.63) is 70.0 Å². The Labute approximate surface area is 167 Å². The van der Waals surface area contributed by atoms with Gasteiger partial charge in [-0.15, -0.1) is 0 Å². The van der Waals surface area contributed by atoms with Crippen LogP contribution >= 0.6 is 11.6 Å². The van der Waals surface area contributed by atoms with E-state index in [1.807, 2.05) is 22.9 Å². The van der Waals surface area contributed by atoms with Crippen LogP contribution in [0.4, 0.5) is 0 Å². The van der Waals surface area contributed by atoms with Crippen LogP contribution in [0.5, 0.6) is 0 Å². The largest absolute Gasteiger partial charge is 0.314 e. The smallest absolute Gasteiger partial charge is 0.244 e. The van der Waals surface area contributed by atoms with E-state index in [2.05, 4.69) is 5.10 Å². The molecule has 0 saturated carbocycles. The van der Waals surface area contributed by atoms with Crippen LogP contribution in [0.25, 0.3) is 10.9 Å². The van der Waals surface area contributed by atoms with E-state index in [0.29, 0.717) is 38.2 Å².